The number of ether oxygens (including phenoxy) is 1. The molecule has 160 valence electrons. The molecule has 32 heavy (non-hydrogen) atoms. The number of para-hydroxylation sites is 1. The van der Waals surface area contributed by atoms with Crippen molar-refractivity contribution in [1.82, 2.24) is 24.3 Å². The summed E-state index contributed by atoms with van der Waals surface area (Å²) in [5.74, 6) is -0.853. The number of rotatable bonds is 5. The molecule has 0 saturated heterocycles. The molecule has 0 bridgehead atoms. The highest BCUT2D eigenvalue weighted by atomic mass is 35.5. The van der Waals surface area contributed by atoms with E-state index in [0.717, 1.165) is 16.7 Å². The van der Waals surface area contributed by atoms with Crippen molar-refractivity contribution < 1.29 is 14.2 Å². The van der Waals surface area contributed by atoms with Gasteiger partial charge in [-0.15, -0.1) is 0 Å². The van der Waals surface area contributed by atoms with E-state index >= 15 is 0 Å². The molecule has 0 fully saturated rings. The van der Waals surface area contributed by atoms with Crippen molar-refractivity contribution in [2.24, 2.45) is 7.05 Å². The molecule has 0 radical (unpaired) electrons. The van der Waals surface area contributed by atoms with Gasteiger partial charge in [-0.05, 0) is 23.3 Å². The molecule has 3 heterocycles. The van der Waals surface area contributed by atoms with Gasteiger partial charge in [-0.2, -0.15) is 5.10 Å². The number of aromatic nitrogens is 5. The zero-order chi connectivity index (χ0) is 22.2. The van der Waals surface area contributed by atoms with Gasteiger partial charge in [-0.3, -0.25) is 4.68 Å². The molecule has 0 saturated carbocycles. The predicted octanol–water partition coefficient (Wildman–Crippen LogP) is 5.17. The lowest BCUT2D eigenvalue weighted by atomic mass is 10.1. The summed E-state index contributed by atoms with van der Waals surface area (Å²) in [6, 6.07) is 12.2. The normalized spacial score (nSPS) is 11.2. The van der Waals surface area contributed by atoms with Crippen molar-refractivity contribution in [2.75, 3.05) is 0 Å². The molecule has 0 atom stereocenters. The van der Waals surface area contributed by atoms with E-state index in [4.69, 9.17) is 16.3 Å². The number of nitrogens with zero attached hydrogens (tertiary/aromatic N) is 5. The molecule has 2 aromatic carbocycles. The average molecular weight is 450 g/mol. The Hall–Kier alpha value is -3.91. The summed E-state index contributed by atoms with van der Waals surface area (Å²) in [7, 11) is 1.87. The van der Waals surface area contributed by atoms with Crippen molar-refractivity contribution in [3.05, 3.63) is 83.8 Å². The van der Waals surface area contributed by atoms with Crippen LogP contribution in [0.2, 0.25) is 5.02 Å². The summed E-state index contributed by atoms with van der Waals surface area (Å²) in [5.41, 5.74) is 3.51. The fourth-order valence-corrected chi connectivity index (χ4v) is 3.69. The maximum absolute atomic E-state index is 14.2. The molecule has 5 aromatic rings. The molecule has 0 aliphatic rings. The average Bonchev–Trinajstić information content (AvgIpc) is 3.35. The van der Waals surface area contributed by atoms with E-state index < -0.39 is 5.82 Å². The Bertz CT molecular complexity index is 1410. The second-order valence-electron chi connectivity index (χ2n) is 7.27. The zero-order valence-electron chi connectivity index (χ0n) is 16.9. The van der Waals surface area contributed by atoms with Gasteiger partial charge in [0.05, 0.1) is 23.3 Å². The molecule has 0 aliphatic carbocycles. The number of benzene rings is 2. The smallest absolute Gasteiger partial charge is 0.235 e. The highest BCUT2D eigenvalue weighted by Gasteiger charge is 2.19. The Kier molecular flexibility index (Phi) is 4.99. The first-order valence-electron chi connectivity index (χ1n) is 9.72. The fourth-order valence-electron chi connectivity index (χ4n) is 3.49. The minimum Gasteiger partial charge on any atom is -0.494 e. The number of halogens is 2. The first kappa shape index (κ1) is 20.0. The number of aryl methyl sites for hydroxylation is 1. The van der Waals surface area contributed by atoms with Crippen LogP contribution in [0, 0.1) is 5.82 Å². The van der Waals surface area contributed by atoms with Crippen LogP contribution in [0.3, 0.4) is 0 Å². The largest absolute Gasteiger partial charge is 0.494 e. The van der Waals surface area contributed by atoms with Crippen LogP contribution in [-0.2, 0) is 13.6 Å². The Balaban J connectivity index is 1.46. The second kappa shape index (κ2) is 7.97. The minimum absolute atomic E-state index is 0.0187. The topological polar surface area (TPSA) is 78.0 Å². The van der Waals surface area contributed by atoms with Gasteiger partial charge in [0, 0.05) is 25.0 Å². The van der Waals surface area contributed by atoms with E-state index in [1.807, 2.05) is 43.7 Å². The molecule has 3 aromatic heterocycles. The molecule has 5 rings (SSSR count). The van der Waals surface area contributed by atoms with Crippen LogP contribution in [0.5, 0.6) is 17.5 Å². The van der Waals surface area contributed by atoms with E-state index in [1.165, 1.54) is 24.5 Å². The van der Waals surface area contributed by atoms with Crippen LogP contribution >= 0.6 is 11.6 Å². The van der Waals surface area contributed by atoms with Crippen molar-refractivity contribution >= 4 is 22.5 Å². The summed E-state index contributed by atoms with van der Waals surface area (Å²) in [5, 5.41) is 15.4. The van der Waals surface area contributed by atoms with Crippen LogP contribution in [0.1, 0.15) is 5.56 Å². The lowest BCUT2D eigenvalue weighted by Gasteiger charge is -2.09. The maximum Gasteiger partial charge on any atom is 0.235 e. The minimum atomic E-state index is -0.628. The highest BCUT2D eigenvalue weighted by Crippen LogP contribution is 2.38. The van der Waals surface area contributed by atoms with Gasteiger partial charge < -0.3 is 14.4 Å². The molecule has 9 heteroatoms. The van der Waals surface area contributed by atoms with Gasteiger partial charge in [-0.25, -0.2) is 14.4 Å². The SMILES string of the molecule is Cn1cc(-c2ccc(Cn3cc4ncnc(Oc5c(F)cccc5Cl)c4c3O)cc2)cn1. The second-order valence-corrected chi connectivity index (χ2v) is 7.68. The summed E-state index contributed by atoms with van der Waals surface area (Å²) in [6.07, 6.45) is 6.74. The van der Waals surface area contributed by atoms with Crippen LogP contribution in [-0.4, -0.2) is 29.4 Å². The van der Waals surface area contributed by atoms with Crippen molar-refractivity contribution in [3.8, 4) is 28.6 Å². The molecule has 0 spiro atoms. The van der Waals surface area contributed by atoms with E-state index in [0.29, 0.717) is 12.1 Å². The first-order chi connectivity index (χ1) is 15.5. The standard InChI is InChI=1S/C23H17ClFN5O2/c1-29-11-16(9-28-29)15-7-5-14(6-8-15)10-30-12-19-20(23(30)31)22(27-13-26-19)32-21-17(24)3-2-4-18(21)25/h2-9,11-13,31H,10H2,1H3. The molecule has 7 nitrogen and oxygen atoms in total. The molecular weight excluding hydrogens is 433 g/mol. The summed E-state index contributed by atoms with van der Waals surface area (Å²) in [6.45, 7) is 0.398. The van der Waals surface area contributed by atoms with E-state index in [2.05, 4.69) is 15.1 Å². The molecule has 1 N–H and O–H groups in total. The number of fused-ring (bicyclic) bond motifs is 1. The third kappa shape index (κ3) is 3.65. The number of hydrogen-bond acceptors (Lipinski definition) is 5. The lowest BCUT2D eigenvalue weighted by Crippen LogP contribution is -1.97. The van der Waals surface area contributed by atoms with Gasteiger partial charge in [0.15, 0.2) is 11.6 Å². The third-order valence-corrected chi connectivity index (χ3v) is 5.38. The Morgan fingerprint density at radius 1 is 1.06 bits per heavy atom. The van der Waals surface area contributed by atoms with Crippen LogP contribution in [0.4, 0.5) is 4.39 Å². The quantitative estimate of drug-likeness (QED) is 0.400. The summed E-state index contributed by atoms with van der Waals surface area (Å²) < 4.78 is 23.2. The summed E-state index contributed by atoms with van der Waals surface area (Å²) in [4.78, 5) is 8.27. The van der Waals surface area contributed by atoms with Crippen molar-refractivity contribution in [1.29, 1.82) is 0 Å². The Labute approximate surface area is 187 Å². The van der Waals surface area contributed by atoms with Crippen LogP contribution < -0.4 is 4.74 Å². The Morgan fingerprint density at radius 2 is 1.88 bits per heavy atom. The van der Waals surface area contributed by atoms with Crippen molar-refractivity contribution in [2.45, 2.75) is 6.54 Å². The van der Waals surface area contributed by atoms with E-state index in [-0.39, 0.29) is 27.9 Å². The van der Waals surface area contributed by atoms with Gasteiger partial charge in [0.1, 0.15) is 11.7 Å². The van der Waals surface area contributed by atoms with E-state index in [1.54, 1.807) is 15.4 Å². The predicted molar refractivity (Wildman–Crippen MR) is 118 cm³/mol. The molecular formula is C23H17ClFN5O2. The number of hydrogen-bond donors (Lipinski definition) is 1. The van der Waals surface area contributed by atoms with Gasteiger partial charge in [-0.1, -0.05) is 41.9 Å². The van der Waals surface area contributed by atoms with Crippen LogP contribution in [0.25, 0.3) is 22.0 Å². The third-order valence-electron chi connectivity index (χ3n) is 5.08. The van der Waals surface area contributed by atoms with Gasteiger partial charge in [0.25, 0.3) is 0 Å². The molecule has 0 amide bonds. The zero-order valence-corrected chi connectivity index (χ0v) is 17.7. The van der Waals surface area contributed by atoms with Gasteiger partial charge >= 0.3 is 0 Å². The summed E-state index contributed by atoms with van der Waals surface area (Å²) >= 11 is 6.06. The van der Waals surface area contributed by atoms with E-state index in [9.17, 15) is 9.50 Å². The lowest BCUT2D eigenvalue weighted by molar-refractivity contribution is 0.415. The first-order valence-corrected chi connectivity index (χ1v) is 10.1. The monoisotopic (exact) mass is 449 g/mol. The Morgan fingerprint density at radius 3 is 2.59 bits per heavy atom. The molecule has 0 aliphatic heterocycles. The molecule has 0 unspecified atom stereocenters. The van der Waals surface area contributed by atoms with Gasteiger partial charge in [0.2, 0.25) is 11.8 Å². The van der Waals surface area contributed by atoms with Crippen molar-refractivity contribution in [3.63, 3.8) is 0 Å². The fraction of sp³-hybridized carbons (Fsp3) is 0.0870. The maximum atomic E-state index is 14.2. The number of aromatic hydroxyl groups is 1. The highest BCUT2D eigenvalue weighted by molar-refractivity contribution is 6.32. The van der Waals surface area contributed by atoms with Crippen LogP contribution in [0.15, 0.2) is 67.4 Å².